The molecule has 0 atom stereocenters. The van der Waals surface area contributed by atoms with Crippen molar-refractivity contribution in [2.75, 3.05) is 7.11 Å². The molecule has 0 aliphatic rings. The largest absolute Gasteiger partial charge is 0.469 e. The molecule has 0 saturated heterocycles. The van der Waals surface area contributed by atoms with Crippen molar-refractivity contribution in [3.8, 4) is 0 Å². The van der Waals surface area contributed by atoms with Gasteiger partial charge in [0.25, 0.3) is 0 Å². The van der Waals surface area contributed by atoms with Crippen molar-refractivity contribution in [3.05, 3.63) is 41.6 Å². The lowest BCUT2D eigenvalue weighted by Gasteiger charge is -2.06. The molecule has 1 aromatic heterocycles. The Morgan fingerprint density at radius 2 is 2.19 bits per heavy atom. The molecule has 0 saturated carbocycles. The van der Waals surface area contributed by atoms with Gasteiger partial charge in [-0.05, 0) is 24.1 Å². The molecule has 0 unspecified atom stereocenters. The van der Waals surface area contributed by atoms with Crippen molar-refractivity contribution in [1.29, 1.82) is 0 Å². The Bertz CT molecular complexity index is 534. The fraction of sp³-hybridized carbons (Fsp3) is 0.231. The van der Waals surface area contributed by atoms with E-state index in [1.54, 1.807) is 6.20 Å². The molecule has 0 bridgehead atoms. The van der Waals surface area contributed by atoms with Crippen LogP contribution in [0.25, 0.3) is 10.9 Å². The van der Waals surface area contributed by atoms with E-state index in [1.165, 1.54) is 7.11 Å². The first-order valence-electron chi connectivity index (χ1n) is 5.12. The van der Waals surface area contributed by atoms with Crippen LogP contribution in [0.5, 0.6) is 0 Å². The Labute approximate surface area is 94.1 Å². The first-order valence-corrected chi connectivity index (χ1v) is 5.12. The van der Waals surface area contributed by atoms with Gasteiger partial charge < -0.3 is 4.74 Å². The van der Waals surface area contributed by atoms with Gasteiger partial charge in [-0.3, -0.25) is 9.78 Å². The number of pyridine rings is 1. The normalized spacial score (nSPS) is 10.4. The highest BCUT2D eigenvalue weighted by Crippen LogP contribution is 2.20. The second-order valence-corrected chi connectivity index (χ2v) is 3.69. The van der Waals surface area contributed by atoms with Crippen LogP contribution in [0.15, 0.2) is 30.5 Å². The van der Waals surface area contributed by atoms with Crippen molar-refractivity contribution in [1.82, 2.24) is 4.98 Å². The smallest absolute Gasteiger partial charge is 0.310 e. The second-order valence-electron chi connectivity index (χ2n) is 3.69. The van der Waals surface area contributed by atoms with Gasteiger partial charge in [0.15, 0.2) is 0 Å². The van der Waals surface area contributed by atoms with E-state index >= 15 is 0 Å². The molecule has 0 aliphatic heterocycles. The maximum Gasteiger partial charge on any atom is 0.310 e. The van der Waals surface area contributed by atoms with E-state index < -0.39 is 0 Å². The number of nitrogens with zero attached hydrogens (tertiary/aromatic N) is 1. The fourth-order valence-electron chi connectivity index (χ4n) is 1.75. The third-order valence-corrected chi connectivity index (χ3v) is 2.64. The third kappa shape index (κ3) is 1.89. The number of aromatic nitrogens is 1. The van der Waals surface area contributed by atoms with Gasteiger partial charge in [-0.1, -0.05) is 18.2 Å². The summed E-state index contributed by atoms with van der Waals surface area (Å²) in [5.41, 5.74) is 2.96. The Morgan fingerprint density at radius 3 is 2.94 bits per heavy atom. The number of hydrogen-bond acceptors (Lipinski definition) is 3. The summed E-state index contributed by atoms with van der Waals surface area (Å²) in [7, 11) is 1.39. The number of esters is 1. The van der Waals surface area contributed by atoms with E-state index in [-0.39, 0.29) is 12.4 Å². The molecule has 2 aromatic rings. The molecule has 2 rings (SSSR count). The Kier molecular flexibility index (Phi) is 2.86. The number of methoxy groups -OCH3 is 1. The molecule has 0 fully saturated rings. The Morgan fingerprint density at radius 1 is 1.38 bits per heavy atom. The van der Waals surface area contributed by atoms with Crippen LogP contribution in [0.2, 0.25) is 0 Å². The predicted molar refractivity (Wildman–Crippen MR) is 62.2 cm³/mol. The predicted octanol–water partition coefficient (Wildman–Crippen LogP) is 2.26. The van der Waals surface area contributed by atoms with Gasteiger partial charge in [0.1, 0.15) is 0 Å². The molecule has 0 spiro atoms. The van der Waals surface area contributed by atoms with E-state index in [0.717, 1.165) is 22.0 Å². The highest BCUT2D eigenvalue weighted by molar-refractivity contribution is 5.87. The summed E-state index contributed by atoms with van der Waals surface area (Å²) in [4.78, 5) is 15.6. The minimum absolute atomic E-state index is 0.240. The van der Waals surface area contributed by atoms with Crippen molar-refractivity contribution in [2.24, 2.45) is 0 Å². The molecule has 3 heteroatoms. The van der Waals surface area contributed by atoms with E-state index in [2.05, 4.69) is 9.72 Å². The second kappa shape index (κ2) is 4.31. The van der Waals surface area contributed by atoms with Crippen LogP contribution in [0.3, 0.4) is 0 Å². The standard InChI is InChI=1S/C13H13NO2/c1-9-6-7-14-13-10(8-12(15)16-2)4-3-5-11(9)13/h3-7H,8H2,1-2H3. The highest BCUT2D eigenvalue weighted by Gasteiger charge is 2.08. The van der Waals surface area contributed by atoms with Crippen molar-refractivity contribution in [2.45, 2.75) is 13.3 Å². The zero-order chi connectivity index (χ0) is 11.5. The monoisotopic (exact) mass is 215 g/mol. The summed E-state index contributed by atoms with van der Waals surface area (Å²) in [5.74, 6) is -0.240. The number of para-hydroxylation sites is 1. The summed E-state index contributed by atoms with van der Waals surface area (Å²) in [6.45, 7) is 2.03. The number of rotatable bonds is 2. The maximum absolute atomic E-state index is 11.3. The molecule has 0 aliphatic carbocycles. The van der Waals surface area contributed by atoms with Crippen LogP contribution < -0.4 is 0 Å². The van der Waals surface area contributed by atoms with Crippen LogP contribution in [-0.2, 0) is 16.0 Å². The summed E-state index contributed by atoms with van der Waals surface area (Å²) in [6, 6.07) is 7.82. The van der Waals surface area contributed by atoms with Gasteiger partial charge in [0.05, 0.1) is 19.0 Å². The SMILES string of the molecule is COC(=O)Cc1cccc2c(C)ccnc12. The average Bonchev–Trinajstić information content (AvgIpc) is 2.30. The molecule has 0 N–H and O–H groups in total. The highest BCUT2D eigenvalue weighted by atomic mass is 16.5. The van der Waals surface area contributed by atoms with Gasteiger partial charge >= 0.3 is 5.97 Å². The summed E-state index contributed by atoms with van der Waals surface area (Å²) < 4.78 is 4.67. The van der Waals surface area contributed by atoms with Gasteiger partial charge in [-0.2, -0.15) is 0 Å². The minimum Gasteiger partial charge on any atom is -0.469 e. The quantitative estimate of drug-likeness (QED) is 0.721. The molecule has 1 heterocycles. The zero-order valence-corrected chi connectivity index (χ0v) is 9.36. The molecular weight excluding hydrogens is 202 g/mol. The zero-order valence-electron chi connectivity index (χ0n) is 9.36. The molecular formula is C13H13NO2. The van der Waals surface area contributed by atoms with Crippen molar-refractivity contribution < 1.29 is 9.53 Å². The average molecular weight is 215 g/mol. The molecule has 82 valence electrons. The number of aryl methyl sites for hydroxylation is 1. The van der Waals surface area contributed by atoms with E-state index in [9.17, 15) is 4.79 Å². The number of hydrogen-bond donors (Lipinski definition) is 0. The lowest BCUT2D eigenvalue weighted by Crippen LogP contribution is -2.05. The van der Waals surface area contributed by atoms with Crippen molar-refractivity contribution >= 4 is 16.9 Å². The van der Waals surface area contributed by atoms with Crippen LogP contribution >= 0.6 is 0 Å². The number of benzene rings is 1. The van der Waals surface area contributed by atoms with Crippen LogP contribution in [0, 0.1) is 6.92 Å². The maximum atomic E-state index is 11.3. The molecule has 1 aromatic carbocycles. The first-order chi connectivity index (χ1) is 7.72. The van der Waals surface area contributed by atoms with E-state index in [0.29, 0.717) is 0 Å². The Balaban J connectivity index is 2.54. The third-order valence-electron chi connectivity index (χ3n) is 2.64. The number of fused-ring (bicyclic) bond motifs is 1. The van der Waals surface area contributed by atoms with Crippen molar-refractivity contribution in [3.63, 3.8) is 0 Å². The van der Waals surface area contributed by atoms with Gasteiger partial charge in [-0.15, -0.1) is 0 Å². The minimum atomic E-state index is -0.240. The summed E-state index contributed by atoms with van der Waals surface area (Å²) in [5, 5.41) is 1.09. The number of carbonyl (C=O) groups excluding carboxylic acids is 1. The van der Waals surface area contributed by atoms with Gasteiger partial charge in [-0.25, -0.2) is 0 Å². The van der Waals surface area contributed by atoms with E-state index in [1.807, 2.05) is 31.2 Å². The molecule has 3 nitrogen and oxygen atoms in total. The lowest BCUT2D eigenvalue weighted by molar-refractivity contribution is -0.139. The van der Waals surface area contributed by atoms with Crippen LogP contribution in [0.1, 0.15) is 11.1 Å². The van der Waals surface area contributed by atoms with Gasteiger partial charge in [0, 0.05) is 11.6 Å². The number of ether oxygens (including phenoxy) is 1. The van der Waals surface area contributed by atoms with Crippen LogP contribution in [-0.4, -0.2) is 18.1 Å². The molecule has 0 radical (unpaired) electrons. The van der Waals surface area contributed by atoms with Crippen LogP contribution in [0.4, 0.5) is 0 Å². The molecule has 0 amide bonds. The summed E-state index contributed by atoms with van der Waals surface area (Å²) >= 11 is 0. The Hall–Kier alpha value is -1.90. The fourth-order valence-corrected chi connectivity index (χ4v) is 1.75. The van der Waals surface area contributed by atoms with E-state index in [4.69, 9.17) is 0 Å². The first kappa shape index (κ1) is 10.6. The summed E-state index contributed by atoms with van der Waals surface area (Å²) in [6.07, 6.45) is 2.03. The molecule has 16 heavy (non-hydrogen) atoms. The topological polar surface area (TPSA) is 39.2 Å². The lowest BCUT2D eigenvalue weighted by atomic mass is 10.0. The number of carbonyl (C=O) groups is 1. The van der Waals surface area contributed by atoms with Gasteiger partial charge in [0.2, 0.25) is 0 Å².